The Kier molecular flexibility index (Phi) is 4.09. The average Bonchev–Trinajstić information content (AvgIpc) is 2.93. The molecule has 1 unspecified atom stereocenters. The molecule has 0 aliphatic heterocycles. The number of furan rings is 1. The van der Waals surface area contributed by atoms with Crippen LogP contribution >= 0.6 is 0 Å². The molecule has 5 heteroatoms. The fourth-order valence-electron chi connectivity index (χ4n) is 1.54. The summed E-state index contributed by atoms with van der Waals surface area (Å²) in [4.78, 5) is 15.5. The first-order chi connectivity index (χ1) is 8.77. The van der Waals surface area contributed by atoms with Crippen LogP contribution in [0.1, 0.15) is 28.6 Å². The number of aromatic nitrogens is 1. The molecule has 2 rings (SSSR count). The van der Waals surface area contributed by atoms with Gasteiger partial charge >= 0.3 is 0 Å². The molecule has 0 bridgehead atoms. The van der Waals surface area contributed by atoms with Crippen LogP contribution in [0.25, 0.3) is 0 Å². The fourth-order valence-corrected chi connectivity index (χ4v) is 1.54. The van der Waals surface area contributed by atoms with Gasteiger partial charge in [-0.05, 0) is 30.7 Å². The van der Waals surface area contributed by atoms with Crippen LogP contribution in [0.3, 0.4) is 0 Å². The van der Waals surface area contributed by atoms with Gasteiger partial charge in [0.05, 0.1) is 11.8 Å². The van der Waals surface area contributed by atoms with Gasteiger partial charge in [-0.25, -0.2) is 0 Å². The van der Waals surface area contributed by atoms with Crippen molar-refractivity contribution in [3.05, 3.63) is 54.2 Å². The van der Waals surface area contributed by atoms with E-state index in [0.29, 0.717) is 24.3 Å². The zero-order valence-electron chi connectivity index (χ0n) is 9.74. The van der Waals surface area contributed by atoms with Crippen LogP contribution in [-0.2, 0) is 0 Å². The van der Waals surface area contributed by atoms with Crippen LogP contribution in [-0.4, -0.2) is 22.5 Å². The van der Waals surface area contributed by atoms with E-state index < -0.39 is 6.10 Å². The summed E-state index contributed by atoms with van der Waals surface area (Å²) in [5, 5.41) is 12.4. The van der Waals surface area contributed by atoms with E-state index in [1.54, 1.807) is 30.5 Å². The van der Waals surface area contributed by atoms with E-state index in [1.807, 2.05) is 0 Å². The summed E-state index contributed by atoms with van der Waals surface area (Å²) in [5.41, 5.74) is 0.505. The summed E-state index contributed by atoms with van der Waals surface area (Å²) in [6, 6.07) is 6.80. The quantitative estimate of drug-likeness (QED) is 0.838. The van der Waals surface area contributed by atoms with Gasteiger partial charge in [0.1, 0.15) is 11.9 Å². The van der Waals surface area contributed by atoms with Crippen molar-refractivity contribution in [2.24, 2.45) is 0 Å². The Morgan fingerprint density at radius 3 is 3.00 bits per heavy atom. The molecule has 18 heavy (non-hydrogen) atoms. The summed E-state index contributed by atoms with van der Waals surface area (Å²) in [5.74, 6) is 0.306. The minimum atomic E-state index is -0.700. The van der Waals surface area contributed by atoms with E-state index in [1.165, 1.54) is 12.5 Å². The first-order valence-electron chi connectivity index (χ1n) is 5.67. The van der Waals surface area contributed by atoms with Gasteiger partial charge in [-0.3, -0.25) is 9.78 Å². The zero-order chi connectivity index (χ0) is 12.8. The maximum Gasteiger partial charge on any atom is 0.252 e. The second-order valence-electron chi connectivity index (χ2n) is 3.82. The standard InChI is InChI=1S/C13H14N2O3/c16-11(12-4-2-8-18-12)5-7-15-13(17)10-3-1-6-14-9-10/h1-4,6,8-9,11,16H,5,7H2,(H,15,17). The lowest BCUT2D eigenvalue weighted by Gasteiger charge is -2.08. The highest BCUT2D eigenvalue weighted by Gasteiger charge is 2.11. The summed E-state index contributed by atoms with van der Waals surface area (Å²) >= 11 is 0. The lowest BCUT2D eigenvalue weighted by Crippen LogP contribution is -2.25. The molecule has 0 aliphatic rings. The number of nitrogens with zero attached hydrogens (tertiary/aromatic N) is 1. The number of pyridine rings is 1. The van der Waals surface area contributed by atoms with E-state index in [9.17, 15) is 9.90 Å². The number of carbonyl (C=O) groups is 1. The lowest BCUT2D eigenvalue weighted by atomic mass is 10.2. The van der Waals surface area contributed by atoms with Crippen molar-refractivity contribution >= 4 is 5.91 Å². The maximum atomic E-state index is 11.7. The number of hydrogen-bond acceptors (Lipinski definition) is 4. The van der Waals surface area contributed by atoms with Crippen LogP contribution in [0.15, 0.2) is 47.3 Å². The monoisotopic (exact) mass is 246 g/mol. The van der Waals surface area contributed by atoms with E-state index in [4.69, 9.17) is 4.42 Å². The number of carbonyl (C=O) groups excluding carboxylic acids is 1. The van der Waals surface area contributed by atoms with Gasteiger partial charge in [-0.2, -0.15) is 0 Å². The van der Waals surface area contributed by atoms with E-state index in [2.05, 4.69) is 10.3 Å². The van der Waals surface area contributed by atoms with Crippen LogP contribution in [0, 0.1) is 0 Å². The number of amides is 1. The second-order valence-corrected chi connectivity index (χ2v) is 3.82. The van der Waals surface area contributed by atoms with Crippen LogP contribution in [0.2, 0.25) is 0 Å². The van der Waals surface area contributed by atoms with Gasteiger partial charge in [0.25, 0.3) is 5.91 Å². The zero-order valence-corrected chi connectivity index (χ0v) is 9.74. The van der Waals surface area contributed by atoms with E-state index in [-0.39, 0.29) is 5.91 Å². The smallest absolute Gasteiger partial charge is 0.252 e. The molecule has 2 aromatic rings. The number of rotatable bonds is 5. The van der Waals surface area contributed by atoms with Crippen LogP contribution in [0.4, 0.5) is 0 Å². The highest BCUT2D eigenvalue weighted by atomic mass is 16.4. The normalized spacial score (nSPS) is 12.1. The molecule has 5 nitrogen and oxygen atoms in total. The first-order valence-corrected chi connectivity index (χ1v) is 5.67. The molecule has 0 saturated heterocycles. The summed E-state index contributed by atoms with van der Waals surface area (Å²) in [7, 11) is 0. The number of aliphatic hydroxyl groups is 1. The molecule has 94 valence electrons. The average molecular weight is 246 g/mol. The largest absolute Gasteiger partial charge is 0.467 e. The minimum absolute atomic E-state index is 0.199. The molecule has 2 aromatic heterocycles. The third-order valence-corrected chi connectivity index (χ3v) is 2.50. The number of hydrogen-bond donors (Lipinski definition) is 2. The molecule has 0 fully saturated rings. The first kappa shape index (κ1) is 12.3. The molecule has 2 N–H and O–H groups in total. The predicted molar refractivity (Wildman–Crippen MR) is 64.9 cm³/mol. The predicted octanol–water partition coefficient (Wildman–Crippen LogP) is 1.53. The molecule has 0 saturated carbocycles. The van der Waals surface area contributed by atoms with E-state index in [0.717, 1.165) is 0 Å². The Hall–Kier alpha value is -2.14. The molecule has 0 aromatic carbocycles. The van der Waals surface area contributed by atoms with Gasteiger partial charge in [0.15, 0.2) is 0 Å². The van der Waals surface area contributed by atoms with Crippen molar-refractivity contribution in [3.63, 3.8) is 0 Å². The number of nitrogens with one attached hydrogen (secondary N) is 1. The van der Waals surface area contributed by atoms with Crippen molar-refractivity contribution in [2.75, 3.05) is 6.54 Å². The van der Waals surface area contributed by atoms with Gasteiger partial charge in [-0.1, -0.05) is 0 Å². The van der Waals surface area contributed by atoms with E-state index >= 15 is 0 Å². The van der Waals surface area contributed by atoms with Crippen molar-refractivity contribution in [1.82, 2.24) is 10.3 Å². The fraction of sp³-hybridized carbons (Fsp3) is 0.231. The Balaban J connectivity index is 1.77. The van der Waals surface area contributed by atoms with Crippen molar-refractivity contribution in [3.8, 4) is 0 Å². The van der Waals surface area contributed by atoms with Gasteiger partial charge in [0, 0.05) is 18.9 Å². The second kappa shape index (κ2) is 5.97. The molecule has 2 heterocycles. The van der Waals surface area contributed by atoms with Crippen molar-refractivity contribution in [2.45, 2.75) is 12.5 Å². The molecular weight excluding hydrogens is 232 g/mol. The van der Waals surface area contributed by atoms with Crippen molar-refractivity contribution in [1.29, 1.82) is 0 Å². The molecule has 0 spiro atoms. The van der Waals surface area contributed by atoms with Gasteiger partial charge in [-0.15, -0.1) is 0 Å². The lowest BCUT2D eigenvalue weighted by molar-refractivity contribution is 0.0935. The maximum absolute atomic E-state index is 11.7. The summed E-state index contributed by atoms with van der Waals surface area (Å²) in [6.45, 7) is 0.371. The highest BCUT2D eigenvalue weighted by molar-refractivity contribution is 5.93. The Labute approximate surface area is 104 Å². The molecule has 0 radical (unpaired) electrons. The van der Waals surface area contributed by atoms with Gasteiger partial charge < -0.3 is 14.8 Å². The Bertz CT molecular complexity index is 482. The third kappa shape index (κ3) is 3.18. The Morgan fingerprint density at radius 2 is 2.33 bits per heavy atom. The highest BCUT2D eigenvalue weighted by Crippen LogP contribution is 2.15. The van der Waals surface area contributed by atoms with Crippen LogP contribution in [0.5, 0.6) is 0 Å². The number of aliphatic hydroxyl groups excluding tert-OH is 1. The molecule has 1 atom stereocenters. The summed E-state index contributed by atoms with van der Waals surface area (Å²) < 4.78 is 5.06. The van der Waals surface area contributed by atoms with Crippen LogP contribution < -0.4 is 5.32 Å². The summed E-state index contributed by atoms with van der Waals surface area (Å²) in [6.07, 6.45) is 4.32. The molecule has 1 amide bonds. The van der Waals surface area contributed by atoms with Gasteiger partial charge in [0.2, 0.25) is 0 Å². The topological polar surface area (TPSA) is 75.4 Å². The minimum Gasteiger partial charge on any atom is -0.467 e. The Morgan fingerprint density at radius 1 is 1.44 bits per heavy atom. The van der Waals surface area contributed by atoms with Crippen molar-refractivity contribution < 1.29 is 14.3 Å². The SMILES string of the molecule is O=C(NCCC(O)c1ccco1)c1cccnc1. The molecule has 0 aliphatic carbocycles. The third-order valence-electron chi connectivity index (χ3n) is 2.50. The molecular formula is C13H14N2O3.